The van der Waals surface area contributed by atoms with Crippen LogP contribution in [0, 0.1) is 0 Å². The van der Waals surface area contributed by atoms with Gasteiger partial charge >= 0.3 is 0 Å². The Balaban J connectivity index is 1.73. The first-order valence-electron chi connectivity index (χ1n) is 7.91. The fourth-order valence-corrected chi connectivity index (χ4v) is 2.07. The summed E-state index contributed by atoms with van der Waals surface area (Å²) in [6, 6.07) is 7.90. The number of benzene rings is 1. The zero-order chi connectivity index (χ0) is 18.9. The highest BCUT2D eigenvalue weighted by Gasteiger charge is 2.11. The summed E-state index contributed by atoms with van der Waals surface area (Å²) in [6.45, 7) is 1.73. The van der Waals surface area contributed by atoms with Gasteiger partial charge in [-0.15, -0.1) is 0 Å². The van der Waals surface area contributed by atoms with Crippen LogP contribution in [-0.2, 0) is 4.79 Å². The number of carbonyl (C=O) groups excluding carboxylic acids is 3. The van der Waals surface area contributed by atoms with Gasteiger partial charge in [0.05, 0.1) is 13.4 Å². The molecule has 0 saturated heterocycles. The average Bonchev–Trinajstić information content (AvgIpc) is 3.17. The standard InChI is InChI=1S/C18H20N2O6/c1-12(21)13-5-6-14(16(10-13)24-2)26-11-17(22)19-7-8-20-18(23)15-4-3-9-25-15/h3-6,9-10H,7-8,11H2,1-2H3,(H,19,22)(H,20,23). The fourth-order valence-electron chi connectivity index (χ4n) is 2.07. The zero-order valence-electron chi connectivity index (χ0n) is 14.5. The first-order valence-corrected chi connectivity index (χ1v) is 7.91. The molecule has 0 aliphatic carbocycles. The average molecular weight is 360 g/mol. The highest BCUT2D eigenvalue weighted by molar-refractivity contribution is 5.94. The summed E-state index contributed by atoms with van der Waals surface area (Å²) in [5.41, 5.74) is 0.492. The van der Waals surface area contributed by atoms with E-state index in [-0.39, 0.29) is 43.1 Å². The predicted molar refractivity (Wildman–Crippen MR) is 92.5 cm³/mol. The number of ketones is 1. The van der Waals surface area contributed by atoms with E-state index in [0.29, 0.717) is 17.1 Å². The van der Waals surface area contributed by atoms with Crippen molar-refractivity contribution in [1.82, 2.24) is 10.6 Å². The third-order valence-electron chi connectivity index (χ3n) is 3.41. The number of hydrogen-bond acceptors (Lipinski definition) is 6. The molecule has 0 bridgehead atoms. The number of methoxy groups -OCH3 is 1. The van der Waals surface area contributed by atoms with E-state index in [0.717, 1.165) is 0 Å². The molecule has 0 aliphatic heterocycles. The SMILES string of the molecule is COc1cc(C(C)=O)ccc1OCC(=O)NCCNC(=O)c1ccco1. The molecule has 1 heterocycles. The van der Waals surface area contributed by atoms with Gasteiger partial charge in [-0.25, -0.2) is 0 Å². The molecular formula is C18H20N2O6. The molecule has 2 aromatic rings. The van der Waals surface area contributed by atoms with Crippen LogP contribution in [-0.4, -0.2) is 44.4 Å². The number of rotatable bonds is 9. The number of nitrogens with one attached hydrogen (secondary N) is 2. The van der Waals surface area contributed by atoms with E-state index in [1.807, 2.05) is 0 Å². The van der Waals surface area contributed by atoms with Crippen molar-refractivity contribution in [1.29, 1.82) is 0 Å². The number of Topliss-reactive ketones (excluding diaryl/α,β-unsaturated/α-hetero) is 1. The summed E-state index contributed by atoms with van der Waals surface area (Å²) in [5, 5.41) is 5.23. The van der Waals surface area contributed by atoms with E-state index in [9.17, 15) is 14.4 Å². The minimum absolute atomic E-state index is 0.0933. The molecule has 0 radical (unpaired) electrons. The first-order chi connectivity index (χ1) is 12.5. The lowest BCUT2D eigenvalue weighted by molar-refractivity contribution is -0.123. The normalized spacial score (nSPS) is 10.1. The Bertz CT molecular complexity index is 770. The van der Waals surface area contributed by atoms with Gasteiger partial charge in [0.25, 0.3) is 11.8 Å². The van der Waals surface area contributed by atoms with Gasteiger partial charge in [0.15, 0.2) is 29.6 Å². The third kappa shape index (κ3) is 5.37. The zero-order valence-corrected chi connectivity index (χ0v) is 14.5. The van der Waals surface area contributed by atoms with Crippen molar-refractivity contribution < 1.29 is 28.3 Å². The largest absolute Gasteiger partial charge is 0.493 e. The Labute approximate surface area is 150 Å². The molecule has 8 nitrogen and oxygen atoms in total. The predicted octanol–water partition coefficient (Wildman–Crippen LogP) is 1.42. The Morgan fingerprint density at radius 3 is 2.50 bits per heavy atom. The number of amides is 2. The molecule has 26 heavy (non-hydrogen) atoms. The molecule has 0 unspecified atom stereocenters. The van der Waals surface area contributed by atoms with Crippen molar-refractivity contribution in [3.63, 3.8) is 0 Å². The molecule has 2 amide bonds. The quantitative estimate of drug-likeness (QED) is 0.517. The summed E-state index contributed by atoms with van der Waals surface area (Å²) >= 11 is 0. The Kier molecular flexibility index (Phi) is 6.78. The van der Waals surface area contributed by atoms with Crippen molar-refractivity contribution >= 4 is 17.6 Å². The van der Waals surface area contributed by atoms with Crippen LogP contribution in [0.1, 0.15) is 27.8 Å². The highest BCUT2D eigenvalue weighted by Crippen LogP contribution is 2.28. The van der Waals surface area contributed by atoms with Gasteiger partial charge in [0.1, 0.15) is 0 Å². The van der Waals surface area contributed by atoms with Crippen LogP contribution in [0.15, 0.2) is 41.0 Å². The van der Waals surface area contributed by atoms with E-state index in [1.54, 1.807) is 30.3 Å². The molecule has 2 N–H and O–H groups in total. The molecular weight excluding hydrogens is 340 g/mol. The van der Waals surface area contributed by atoms with Gasteiger partial charge in [0.2, 0.25) is 0 Å². The molecule has 0 spiro atoms. The molecule has 0 atom stereocenters. The van der Waals surface area contributed by atoms with Crippen LogP contribution in [0.2, 0.25) is 0 Å². The lowest BCUT2D eigenvalue weighted by Gasteiger charge is -2.12. The van der Waals surface area contributed by atoms with E-state index in [1.165, 1.54) is 20.3 Å². The van der Waals surface area contributed by atoms with Crippen molar-refractivity contribution in [3.8, 4) is 11.5 Å². The van der Waals surface area contributed by atoms with E-state index in [2.05, 4.69) is 10.6 Å². The third-order valence-corrected chi connectivity index (χ3v) is 3.41. The van der Waals surface area contributed by atoms with Gasteiger partial charge < -0.3 is 24.5 Å². The molecule has 0 aliphatic rings. The van der Waals surface area contributed by atoms with Gasteiger partial charge in [-0.1, -0.05) is 0 Å². The number of hydrogen-bond donors (Lipinski definition) is 2. The topological polar surface area (TPSA) is 107 Å². The van der Waals surface area contributed by atoms with Crippen molar-refractivity contribution in [2.75, 3.05) is 26.8 Å². The Morgan fingerprint density at radius 2 is 1.85 bits per heavy atom. The lowest BCUT2D eigenvalue weighted by Crippen LogP contribution is -2.36. The smallest absolute Gasteiger partial charge is 0.287 e. The maximum Gasteiger partial charge on any atom is 0.287 e. The van der Waals surface area contributed by atoms with Crippen molar-refractivity contribution in [2.24, 2.45) is 0 Å². The monoisotopic (exact) mass is 360 g/mol. The second kappa shape index (κ2) is 9.26. The van der Waals surface area contributed by atoms with Crippen LogP contribution in [0.3, 0.4) is 0 Å². The Hall–Kier alpha value is -3.29. The number of ether oxygens (including phenoxy) is 2. The fraction of sp³-hybridized carbons (Fsp3) is 0.278. The lowest BCUT2D eigenvalue weighted by atomic mass is 10.1. The van der Waals surface area contributed by atoms with E-state index in [4.69, 9.17) is 13.9 Å². The first kappa shape index (κ1) is 19.0. The Morgan fingerprint density at radius 1 is 1.08 bits per heavy atom. The summed E-state index contributed by atoms with van der Waals surface area (Å²) in [4.78, 5) is 34.8. The van der Waals surface area contributed by atoms with Gasteiger partial charge in [-0.3, -0.25) is 14.4 Å². The van der Waals surface area contributed by atoms with Crippen molar-refractivity contribution in [2.45, 2.75) is 6.92 Å². The van der Waals surface area contributed by atoms with Gasteiger partial charge in [0, 0.05) is 18.7 Å². The minimum Gasteiger partial charge on any atom is -0.493 e. The highest BCUT2D eigenvalue weighted by atomic mass is 16.5. The minimum atomic E-state index is -0.352. The van der Waals surface area contributed by atoms with Crippen LogP contribution >= 0.6 is 0 Å². The summed E-state index contributed by atoms with van der Waals surface area (Å²) in [6.07, 6.45) is 1.41. The van der Waals surface area contributed by atoms with Crippen LogP contribution in [0.25, 0.3) is 0 Å². The maximum atomic E-state index is 11.8. The molecule has 1 aromatic carbocycles. The van der Waals surface area contributed by atoms with Crippen LogP contribution < -0.4 is 20.1 Å². The molecule has 0 fully saturated rings. The molecule has 138 valence electrons. The second-order valence-electron chi connectivity index (χ2n) is 5.29. The van der Waals surface area contributed by atoms with Crippen LogP contribution in [0.4, 0.5) is 0 Å². The summed E-state index contributed by atoms with van der Waals surface area (Å²) in [7, 11) is 1.45. The van der Waals surface area contributed by atoms with Gasteiger partial charge in [-0.2, -0.15) is 0 Å². The molecule has 8 heteroatoms. The van der Waals surface area contributed by atoms with Crippen molar-refractivity contribution in [3.05, 3.63) is 47.9 Å². The van der Waals surface area contributed by atoms with Gasteiger partial charge in [-0.05, 0) is 37.3 Å². The molecule has 1 aromatic heterocycles. The maximum absolute atomic E-state index is 11.8. The van der Waals surface area contributed by atoms with E-state index >= 15 is 0 Å². The summed E-state index contributed by atoms with van der Waals surface area (Å²) < 4.78 is 15.5. The molecule has 2 rings (SSSR count). The summed E-state index contributed by atoms with van der Waals surface area (Å²) in [5.74, 6) is 0.144. The van der Waals surface area contributed by atoms with Crippen LogP contribution in [0.5, 0.6) is 11.5 Å². The number of carbonyl (C=O) groups is 3. The second-order valence-corrected chi connectivity index (χ2v) is 5.29. The molecule has 0 saturated carbocycles. The van der Waals surface area contributed by atoms with E-state index < -0.39 is 0 Å². The number of furan rings is 1.